The van der Waals surface area contributed by atoms with Crippen molar-refractivity contribution in [2.45, 2.75) is 213 Å². The maximum atomic E-state index is 13.3. The van der Waals surface area contributed by atoms with Crippen molar-refractivity contribution < 1.29 is 74.4 Å². The fraction of sp³-hybridized carbons (Fsp3) is 0.791. The molecule has 6 rings (SSSR count). The van der Waals surface area contributed by atoms with Crippen molar-refractivity contribution in [3.8, 4) is 0 Å². The van der Waals surface area contributed by atoms with Crippen molar-refractivity contribution in [1.82, 2.24) is 38.0 Å². The van der Waals surface area contributed by atoms with Gasteiger partial charge in [0.25, 0.3) is 33.7 Å². The molecule has 6 heterocycles. The Morgan fingerprint density at radius 1 is 0.452 bits per heavy atom. The summed E-state index contributed by atoms with van der Waals surface area (Å²) in [7, 11) is -6.50. The number of rotatable bonds is 37. The highest BCUT2D eigenvalue weighted by molar-refractivity contribution is 7.63. The van der Waals surface area contributed by atoms with E-state index in [1.165, 1.54) is 32.3 Å². The molecule has 0 aromatic carbocycles. The predicted molar refractivity (Wildman–Crippen MR) is 403 cm³/mol. The minimum absolute atomic E-state index is 0.0545. The Morgan fingerprint density at radius 3 is 0.990 bits per heavy atom. The molecular formula is C67H117N10O22P5. The Kier molecular flexibility index (Phi) is 37.5. The lowest BCUT2D eigenvalue weighted by atomic mass is 9.98. The molecule has 0 saturated carbocycles. The summed E-state index contributed by atoms with van der Waals surface area (Å²) in [5.41, 5.74) is -3.28. The lowest BCUT2D eigenvalue weighted by molar-refractivity contribution is -0.0784. The van der Waals surface area contributed by atoms with Crippen molar-refractivity contribution in [2.75, 3.05) is 127 Å². The van der Waals surface area contributed by atoms with Crippen molar-refractivity contribution >= 4 is 38.5 Å². The summed E-state index contributed by atoms with van der Waals surface area (Å²) >= 11 is 0. The highest BCUT2D eigenvalue weighted by Crippen LogP contribution is 2.57. The van der Waals surface area contributed by atoms with Crippen LogP contribution in [0.3, 0.4) is 0 Å². The summed E-state index contributed by atoms with van der Waals surface area (Å²) in [6.45, 7) is 55.6. The molecule has 3 N–H and O–H groups in total. The third-order valence-corrected chi connectivity index (χ3v) is 29.2. The molecule has 17 atom stereocenters. The SMILES string of the molecule is COCCO[C@@H]1[C@H](C)[C@@H]([C@@H](C)P(C)(C)=O)O[C@H]1n1cc(C)c(=O)[nH]c1=O.[C-]#[N+]CCOP(O[C@H]1[C@@H](OCCOC)[C@H](n2cc(C)c(=O)[nH]c2=O)O[C@@H]1[C@@H](C)P(C)(C)=O)N(C(C)C)C(C)C.[C-]#[N+]CCOP(O[C@H]1[C@@H](OCCOC)[C@H](n2cc(C)c(=O)[nH]c2=O)O[C@@H]1[C@H](C)P(C)(C)=O)N(C(C)C)C(C)C. The van der Waals surface area contributed by atoms with E-state index in [0.29, 0.717) is 29.9 Å². The lowest BCUT2D eigenvalue weighted by Gasteiger charge is -2.39. The van der Waals surface area contributed by atoms with Gasteiger partial charge >= 0.3 is 17.1 Å². The molecule has 32 nitrogen and oxygen atoms in total. The van der Waals surface area contributed by atoms with E-state index < -0.39 is 145 Å². The van der Waals surface area contributed by atoms with E-state index in [1.54, 1.807) is 82.1 Å². The van der Waals surface area contributed by atoms with Gasteiger partial charge in [-0.25, -0.2) is 36.9 Å². The molecule has 37 heteroatoms. The Balaban J connectivity index is 0.000000337. The molecule has 0 spiro atoms. The van der Waals surface area contributed by atoms with Gasteiger partial charge in [0.05, 0.1) is 79.4 Å². The monoisotopic (exact) mass is 1570 g/mol. The molecule has 0 radical (unpaired) electrons. The molecule has 592 valence electrons. The number of hydrogen-bond acceptors (Lipinski definition) is 24. The second kappa shape index (κ2) is 42.2. The highest BCUT2D eigenvalue weighted by atomic mass is 31.2. The first-order valence-electron chi connectivity index (χ1n) is 34.9. The van der Waals surface area contributed by atoms with Crippen molar-refractivity contribution in [3.63, 3.8) is 0 Å². The van der Waals surface area contributed by atoms with Crippen LogP contribution in [0.2, 0.25) is 0 Å². The summed E-state index contributed by atoms with van der Waals surface area (Å²) < 4.78 is 126. The molecule has 3 aliphatic rings. The molecule has 0 bridgehead atoms. The quantitative estimate of drug-likeness (QED) is 0.0277. The van der Waals surface area contributed by atoms with Gasteiger partial charge < -0.3 is 84.1 Å². The van der Waals surface area contributed by atoms with Crippen molar-refractivity contribution in [2.24, 2.45) is 5.92 Å². The summed E-state index contributed by atoms with van der Waals surface area (Å²) in [6.07, 6.45) is -3.71. The summed E-state index contributed by atoms with van der Waals surface area (Å²) in [5.74, 6) is -0.0841. The van der Waals surface area contributed by atoms with E-state index in [2.05, 4.69) is 34.0 Å². The van der Waals surface area contributed by atoms with Crippen molar-refractivity contribution in [3.05, 3.63) is 121 Å². The first kappa shape index (κ1) is 92.4. The first-order chi connectivity index (χ1) is 48.5. The fourth-order valence-corrected chi connectivity index (χ4v) is 18.4. The summed E-state index contributed by atoms with van der Waals surface area (Å²) in [5, 5.41) is 0. The van der Waals surface area contributed by atoms with Crippen LogP contribution in [0.5, 0.6) is 0 Å². The molecule has 0 amide bonds. The Bertz CT molecular complexity index is 3610. The first-order valence-corrected chi connectivity index (χ1v) is 45.1. The molecule has 2 unspecified atom stereocenters. The van der Waals surface area contributed by atoms with Crippen molar-refractivity contribution in [1.29, 1.82) is 0 Å². The number of nitrogens with one attached hydrogen (secondary N) is 3. The molecule has 0 aliphatic carbocycles. The molecule has 104 heavy (non-hydrogen) atoms. The van der Waals surface area contributed by atoms with Gasteiger partial charge in [-0.2, -0.15) is 0 Å². The molecule has 3 aromatic rings. The fourth-order valence-electron chi connectivity index (χ4n) is 11.9. The van der Waals surface area contributed by atoms with E-state index >= 15 is 0 Å². The van der Waals surface area contributed by atoms with Crippen LogP contribution in [-0.2, 0) is 74.4 Å². The maximum Gasteiger partial charge on any atom is 0.330 e. The summed E-state index contributed by atoms with van der Waals surface area (Å²) in [4.78, 5) is 87.7. The average molecular weight is 1570 g/mol. The van der Waals surface area contributed by atoms with Gasteiger partial charge in [0.15, 0.2) is 18.7 Å². The number of aromatic amines is 3. The number of aryl methyl sites for hydroxylation is 3. The third kappa shape index (κ3) is 25.3. The van der Waals surface area contributed by atoms with Crippen LogP contribution < -0.4 is 33.7 Å². The van der Waals surface area contributed by atoms with Gasteiger partial charge in [0.2, 0.25) is 13.1 Å². The van der Waals surface area contributed by atoms with Gasteiger partial charge in [0, 0.05) is 104 Å². The smallest absolute Gasteiger partial charge is 0.330 e. The standard InChI is InChI=1S/2C25H44N4O8P2.C17H29N2O6P/c2*1-16(2)29(17(3)4)38(35-12-11-26-7)37-21-20(19(6)39(9,10)32)36-24(22(21)34-14-13-33-8)28-15-18(5)23(30)27-25(28)31;1-10-9-19(17(21)18-15(10)20)16-14(24-8-7-23-4)11(2)13(25-16)12(3)26(5,6)22/h2*15-17,19-22,24H,11-14H2,1-6,8-10H3,(H,27,30,31);9,11-14,16H,7-8H2,1-6H3,(H,18,20,21)/t19-,20+,21+,22+,24+,38?;19-,20-,21-,22-,24-,38?;11-,12-,13+,14-,16-/m011/s1. The van der Waals surface area contributed by atoms with Crippen LogP contribution in [0.4, 0.5) is 0 Å². The normalized spacial score (nSPS) is 24.5. The average Bonchev–Trinajstić information content (AvgIpc) is 1.63. The molecule has 3 aromatic heterocycles. The lowest BCUT2D eigenvalue weighted by Crippen LogP contribution is -2.44. The number of aromatic nitrogens is 6. The van der Waals surface area contributed by atoms with Gasteiger partial charge in [-0.1, -0.05) is 27.7 Å². The minimum Gasteiger partial charge on any atom is -0.382 e. The zero-order valence-corrected chi connectivity index (χ0v) is 69.6. The number of ether oxygens (including phenoxy) is 9. The summed E-state index contributed by atoms with van der Waals surface area (Å²) in [6, 6.07) is 0.218. The predicted octanol–water partition coefficient (Wildman–Crippen LogP) is 8.33. The number of H-pyrrole nitrogens is 3. The Hall–Kier alpha value is -4.03. The van der Waals surface area contributed by atoms with Crippen LogP contribution in [-0.4, -0.2) is 255 Å². The van der Waals surface area contributed by atoms with Crippen LogP contribution in [0, 0.1) is 39.8 Å². The van der Waals surface area contributed by atoms with Crippen LogP contribution in [0.25, 0.3) is 9.69 Å². The van der Waals surface area contributed by atoms with Gasteiger partial charge in [0.1, 0.15) is 43.7 Å². The Labute approximate surface area is 614 Å². The molecule has 3 saturated heterocycles. The second-order valence-corrected chi connectivity index (χ2v) is 42.3. The zero-order chi connectivity index (χ0) is 78.6. The van der Waals surface area contributed by atoms with E-state index in [1.807, 2.05) is 83.1 Å². The minimum atomic E-state index is -2.70. The molecular weight excluding hydrogens is 1450 g/mol. The van der Waals surface area contributed by atoms with E-state index in [-0.39, 0.29) is 94.6 Å². The second-order valence-electron chi connectivity index (χ2n) is 28.5. The number of nitrogens with zero attached hydrogens (tertiary/aromatic N) is 7. The Morgan fingerprint density at radius 2 is 0.721 bits per heavy atom. The van der Waals surface area contributed by atoms with E-state index in [9.17, 15) is 42.5 Å². The zero-order valence-electron chi connectivity index (χ0n) is 65.1. The van der Waals surface area contributed by atoms with Gasteiger partial charge in [-0.15, -0.1) is 0 Å². The van der Waals surface area contributed by atoms with E-state index in [0.717, 1.165) is 0 Å². The largest absolute Gasteiger partial charge is 0.382 e. The number of hydrogen-bond donors (Lipinski definition) is 3. The van der Waals surface area contributed by atoms with Crippen LogP contribution in [0.15, 0.2) is 47.4 Å². The van der Waals surface area contributed by atoms with Crippen LogP contribution >= 0.6 is 38.5 Å². The van der Waals surface area contributed by atoms with E-state index in [4.69, 9.17) is 73.9 Å². The number of methoxy groups -OCH3 is 3. The van der Waals surface area contributed by atoms with Gasteiger partial charge in [-0.3, -0.25) is 43.0 Å². The van der Waals surface area contributed by atoms with Crippen LogP contribution in [0.1, 0.15) is 118 Å². The topological polar surface area (TPSA) is 351 Å². The van der Waals surface area contributed by atoms with Gasteiger partial charge in [-0.05, 0) is 116 Å². The molecule has 3 fully saturated rings. The maximum absolute atomic E-state index is 13.3. The highest BCUT2D eigenvalue weighted by Gasteiger charge is 2.56. The molecule has 3 aliphatic heterocycles. The third-order valence-electron chi connectivity index (χ3n) is 18.2.